The van der Waals surface area contributed by atoms with Crippen LogP contribution in [0.25, 0.3) is 0 Å². The van der Waals surface area contributed by atoms with Crippen molar-refractivity contribution >= 4 is 15.9 Å². The fourth-order valence-electron chi connectivity index (χ4n) is 3.06. The van der Waals surface area contributed by atoms with Crippen LogP contribution in [0.2, 0.25) is 0 Å². The number of sulfonamides is 1. The van der Waals surface area contributed by atoms with Crippen LogP contribution in [0, 0.1) is 28.8 Å². The molecule has 0 bridgehead atoms. The Labute approximate surface area is 177 Å². The van der Waals surface area contributed by atoms with Crippen molar-refractivity contribution in [3.8, 4) is 11.8 Å². The predicted molar refractivity (Wildman–Crippen MR) is 103 cm³/mol. The molecule has 2 aromatic rings. The number of piperazine rings is 1. The second-order valence-corrected chi connectivity index (χ2v) is 8.63. The van der Waals surface area contributed by atoms with Gasteiger partial charge in [0.05, 0.1) is 12.5 Å². The van der Waals surface area contributed by atoms with Crippen LogP contribution in [-0.4, -0.2) is 56.3 Å². The van der Waals surface area contributed by atoms with E-state index >= 15 is 0 Å². The van der Waals surface area contributed by atoms with Gasteiger partial charge in [-0.1, -0.05) is 12.1 Å². The number of benzene rings is 2. The monoisotopic (exact) mass is 453 g/mol. The zero-order valence-electron chi connectivity index (χ0n) is 16.2. The molecule has 1 heterocycles. The van der Waals surface area contributed by atoms with Gasteiger partial charge in [-0.05, 0) is 29.8 Å². The van der Waals surface area contributed by atoms with Crippen molar-refractivity contribution in [2.75, 3.05) is 32.8 Å². The van der Waals surface area contributed by atoms with Gasteiger partial charge in [-0.25, -0.2) is 21.6 Å². The van der Waals surface area contributed by atoms with Crippen molar-refractivity contribution < 1.29 is 31.1 Å². The van der Waals surface area contributed by atoms with Crippen molar-refractivity contribution in [3.05, 3.63) is 59.4 Å². The molecule has 2 aromatic carbocycles. The van der Waals surface area contributed by atoms with Crippen LogP contribution in [0.5, 0.6) is 5.75 Å². The Morgan fingerprint density at radius 3 is 2.26 bits per heavy atom. The Bertz CT molecular complexity index is 1110. The molecule has 0 saturated carbocycles. The SMILES string of the molecule is N#CCc1ccc(OCC(=O)N2CCN(S(=O)(=O)c3ccc(F)c(F)c3F)CC2)cc1. The first-order valence-corrected chi connectivity index (χ1v) is 10.7. The van der Waals surface area contributed by atoms with E-state index in [2.05, 4.69) is 0 Å². The first-order chi connectivity index (χ1) is 14.7. The maximum atomic E-state index is 13.9. The smallest absolute Gasteiger partial charge is 0.260 e. The highest BCUT2D eigenvalue weighted by Crippen LogP contribution is 2.24. The molecule has 0 N–H and O–H groups in total. The van der Waals surface area contributed by atoms with E-state index in [1.807, 2.05) is 6.07 Å². The summed E-state index contributed by atoms with van der Waals surface area (Å²) >= 11 is 0. The summed E-state index contributed by atoms with van der Waals surface area (Å²) < 4.78 is 72.0. The molecular formula is C20H18F3N3O4S. The molecule has 0 aliphatic carbocycles. The zero-order chi connectivity index (χ0) is 22.6. The number of nitrogens with zero attached hydrogens (tertiary/aromatic N) is 3. The van der Waals surface area contributed by atoms with E-state index in [-0.39, 0.29) is 45.1 Å². The van der Waals surface area contributed by atoms with E-state index in [1.165, 1.54) is 4.90 Å². The normalized spacial score (nSPS) is 14.8. The summed E-state index contributed by atoms with van der Waals surface area (Å²) in [7, 11) is -4.39. The maximum Gasteiger partial charge on any atom is 0.260 e. The van der Waals surface area contributed by atoms with Crippen LogP contribution >= 0.6 is 0 Å². The summed E-state index contributed by atoms with van der Waals surface area (Å²) in [6.07, 6.45) is 0.265. The van der Waals surface area contributed by atoms with Crippen molar-refractivity contribution in [1.29, 1.82) is 5.26 Å². The summed E-state index contributed by atoms with van der Waals surface area (Å²) in [5.74, 6) is -5.02. The largest absolute Gasteiger partial charge is 0.484 e. The zero-order valence-corrected chi connectivity index (χ0v) is 17.0. The fourth-order valence-corrected chi connectivity index (χ4v) is 4.53. The van der Waals surface area contributed by atoms with Gasteiger partial charge in [0.15, 0.2) is 24.1 Å². The maximum absolute atomic E-state index is 13.9. The van der Waals surface area contributed by atoms with Crippen LogP contribution < -0.4 is 4.74 Å². The minimum absolute atomic E-state index is 0.0355. The summed E-state index contributed by atoms with van der Waals surface area (Å²) in [6.45, 7) is -0.450. The number of hydrogen-bond acceptors (Lipinski definition) is 5. The Hall–Kier alpha value is -3.10. The molecule has 0 spiro atoms. The highest BCUT2D eigenvalue weighted by atomic mass is 32.2. The number of halogens is 3. The highest BCUT2D eigenvalue weighted by molar-refractivity contribution is 7.89. The number of hydrogen-bond donors (Lipinski definition) is 0. The molecule has 0 atom stereocenters. The Kier molecular flexibility index (Phi) is 6.82. The Balaban J connectivity index is 1.57. The molecule has 0 unspecified atom stereocenters. The number of rotatable bonds is 6. The van der Waals surface area contributed by atoms with Crippen LogP contribution in [0.3, 0.4) is 0 Å². The summed E-state index contributed by atoms with van der Waals surface area (Å²) in [6, 6.07) is 9.96. The van der Waals surface area contributed by atoms with Gasteiger partial charge >= 0.3 is 0 Å². The number of carbonyl (C=O) groups is 1. The lowest BCUT2D eigenvalue weighted by Gasteiger charge is -2.34. The molecule has 7 nitrogen and oxygen atoms in total. The summed E-state index contributed by atoms with van der Waals surface area (Å²) in [5.41, 5.74) is 0.816. The third kappa shape index (κ3) is 4.98. The molecule has 1 aliphatic heterocycles. The van der Waals surface area contributed by atoms with E-state index < -0.39 is 32.4 Å². The van der Waals surface area contributed by atoms with Gasteiger partial charge in [-0.3, -0.25) is 4.79 Å². The minimum atomic E-state index is -4.39. The topological polar surface area (TPSA) is 90.7 Å². The lowest BCUT2D eigenvalue weighted by atomic mass is 10.2. The van der Waals surface area contributed by atoms with E-state index in [4.69, 9.17) is 10.00 Å². The minimum Gasteiger partial charge on any atom is -0.484 e. The van der Waals surface area contributed by atoms with Gasteiger partial charge < -0.3 is 9.64 Å². The van der Waals surface area contributed by atoms with Gasteiger partial charge in [-0.2, -0.15) is 9.57 Å². The average Bonchev–Trinajstić information content (AvgIpc) is 2.77. The molecule has 11 heteroatoms. The summed E-state index contributed by atoms with van der Waals surface area (Å²) in [4.78, 5) is 12.8. The molecule has 164 valence electrons. The molecule has 1 amide bonds. The third-order valence-corrected chi connectivity index (χ3v) is 6.69. The molecule has 1 fully saturated rings. The van der Waals surface area contributed by atoms with Gasteiger partial charge in [-0.15, -0.1) is 0 Å². The van der Waals surface area contributed by atoms with Crippen LogP contribution in [-0.2, 0) is 21.2 Å². The predicted octanol–water partition coefficient (Wildman–Crippen LogP) is 2.08. The molecule has 1 aliphatic rings. The second-order valence-electron chi connectivity index (χ2n) is 6.73. The Morgan fingerprint density at radius 1 is 1.00 bits per heavy atom. The van der Waals surface area contributed by atoms with Gasteiger partial charge in [0.2, 0.25) is 10.0 Å². The average molecular weight is 453 g/mol. The Morgan fingerprint density at radius 2 is 1.65 bits per heavy atom. The van der Waals surface area contributed by atoms with E-state index in [9.17, 15) is 26.4 Å². The second kappa shape index (κ2) is 9.36. The van der Waals surface area contributed by atoms with Gasteiger partial charge in [0.1, 0.15) is 10.6 Å². The lowest BCUT2D eigenvalue weighted by Crippen LogP contribution is -2.51. The van der Waals surface area contributed by atoms with Crippen molar-refractivity contribution in [1.82, 2.24) is 9.21 Å². The number of nitriles is 1. The van der Waals surface area contributed by atoms with Crippen molar-refractivity contribution in [3.63, 3.8) is 0 Å². The van der Waals surface area contributed by atoms with Crippen molar-refractivity contribution in [2.24, 2.45) is 0 Å². The number of amides is 1. The quantitative estimate of drug-likeness (QED) is 0.625. The molecule has 3 rings (SSSR count). The number of carbonyl (C=O) groups excluding carboxylic acids is 1. The van der Waals surface area contributed by atoms with Crippen LogP contribution in [0.4, 0.5) is 13.2 Å². The standard InChI is InChI=1S/C20H18F3N3O4S/c21-16-5-6-17(20(23)19(16)22)31(28,29)26-11-9-25(10-12-26)18(27)13-30-15-3-1-14(2-4-15)7-8-24/h1-6H,7,9-13H2. The first kappa shape index (κ1) is 22.6. The number of ether oxygens (including phenoxy) is 1. The fraction of sp³-hybridized carbons (Fsp3) is 0.300. The van der Waals surface area contributed by atoms with E-state index in [0.717, 1.165) is 9.87 Å². The highest BCUT2D eigenvalue weighted by Gasteiger charge is 2.33. The van der Waals surface area contributed by atoms with E-state index in [0.29, 0.717) is 17.9 Å². The van der Waals surface area contributed by atoms with Crippen LogP contribution in [0.1, 0.15) is 5.56 Å². The summed E-state index contributed by atoms with van der Waals surface area (Å²) in [5, 5.41) is 8.66. The van der Waals surface area contributed by atoms with Crippen LogP contribution in [0.15, 0.2) is 41.3 Å². The molecule has 31 heavy (non-hydrogen) atoms. The van der Waals surface area contributed by atoms with Crippen molar-refractivity contribution in [2.45, 2.75) is 11.3 Å². The lowest BCUT2D eigenvalue weighted by molar-refractivity contribution is -0.134. The third-order valence-electron chi connectivity index (χ3n) is 4.78. The molecule has 0 radical (unpaired) electrons. The van der Waals surface area contributed by atoms with E-state index in [1.54, 1.807) is 24.3 Å². The molecular weight excluding hydrogens is 435 g/mol. The molecule has 1 saturated heterocycles. The first-order valence-electron chi connectivity index (χ1n) is 9.24. The molecule has 0 aromatic heterocycles. The van der Waals surface area contributed by atoms with Gasteiger partial charge in [0.25, 0.3) is 5.91 Å². The van der Waals surface area contributed by atoms with Gasteiger partial charge in [0, 0.05) is 26.2 Å².